The molecule has 0 aliphatic carbocycles. The molecule has 2 N–H and O–H groups in total. The lowest BCUT2D eigenvalue weighted by Gasteiger charge is -2.23. The van der Waals surface area contributed by atoms with Crippen molar-refractivity contribution in [1.29, 1.82) is 0 Å². The van der Waals surface area contributed by atoms with Gasteiger partial charge < -0.3 is 19.8 Å². The number of nitrogens with one attached hydrogen (secondary N) is 2. The molecule has 1 fully saturated rings. The summed E-state index contributed by atoms with van der Waals surface area (Å²) in [4.78, 5) is 3.32. The van der Waals surface area contributed by atoms with E-state index >= 15 is 0 Å². The van der Waals surface area contributed by atoms with Crippen molar-refractivity contribution in [2.45, 2.75) is 12.8 Å². The molecule has 0 unspecified atom stereocenters. The van der Waals surface area contributed by atoms with Gasteiger partial charge in [-0.25, -0.2) is 0 Å². The van der Waals surface area contributed by atoms with E-state index in [1.54, 1.807) is 0 Å². The first-order chi connectivity index (χ1) is 11.9. The maximum Gasteiger partial charge on any atom is 0.130 e. The van der Waals surface area contributed by atoms with Gasteiger partial charge in [0.2, 0.25) is 0 Å². The molecular weight excluding hydrogens is 300 g/mol. The summed E-state index contributed by atoms with van der Waals surface area (Å²) < 4.78 is 11.5. The molecule has 0 radical (unpaired) electrons. The van der Waals surface area contributed by atoms with E-state index < -0.39 is 0 Å². The van der Waals surface area contributed by atoms with Crippen molar-refractivity contribution in [2.24, 2.45) is 5.92 Å². The van der Waals surface area contributed by atoms with E-state index in [0.717, 1.165) is 60.7 Å². The highest BCUT2D eigenvalue weighted by Crippen LogP contribution is 2.31. The Balaban J connectivity index is 1.55. The zero-order chi connectivity index (χ0) is 16.2. The minimum absolute atomic E-state index is 0.669. The second-order valence-corrected chi connectivity index (χ2v) is 6.26. The third-order valence-electron chi connectivity index (χ3n) is 4.53. The third-order valence-corrected chi connectivity index (χ3v) is 4.53. The Morgan fingerprint density at radius 2 is 1.88 bits per heavy atom. The van der Waals surface area contributed by atoms with Gasteiger partial charge in [0, 0.05) is 37.4 Å². The van der Waals surface area contributed by atoms with Gasteiger partial charge in [-0.1, -0.05) is 18.2 Å². The molecule has 0 bridgehead atoms. The molecule has 0 atom stereocenters. The Bertz CT molecular complexity index is 792. The molecule has 0 amide bonds. The molecule has 1 aliphatic rings. The zero-order valence-electron chi connectivity index (χ0n) is 13.6. The summed E-state index contributed by atoms with van der Waals surface area (Å²) in [6.45, 7) is 2.72. The lowest BCUT2D eigenvalue weighted by molar-refractivity contribution is 0.0699. The van der Waals surface area contributed by atoms with Crippen molar-refractivity contribution in [2.75, 3.05) is 25.1 Å². The number of para-hydroxylation sites is 1. The van der Waals surface area contributed by atoms with Gasteiger partial charge in [-0.3, -0.25) is 0 Å². The van der Waals surface area contributed by atoms with Crippen molar-refractivity contribution in [3.05, 3.63) is 54.7 Å². The van der Waals surface area contributed by atoms with Crippen LogP contribution in [0.4, 0.5) is 5.69 Å². The van der Waals surface area contributed by atoms with Gasteiger partial charge in [0.1, 0.15) is 11.5 Å². The van der Waals surface area contributed by atoms with Crippen LogP contribution in [0.2, 0.25) is 0 Å². The Labute approximate surface area is 141 Å². The molecule has 124 valence electrons. The van der Waals surface area contributed by atoms with Crippen molar-refractivity contribution in [3.63, 3.8) is 0 Å². The molecule has 1 aliphatic heterocycles. The normalized spacial score (nSPS) is 15.5. The Kier molecular flexibility index (Phi) is 4.38. The van der Waals surface area contributed by atoms with Crippen LogP contribution in [0, 0.1) is 5.92 Å². The molecule has 3 aromatic rings. The second kappa shape index (κ2) is 6.97. The predicted octanol–water partition coefficient (Wildman–Crippen LogP) is 4.80. The van der Waals surface area contributed by atoms with E-state index in [1.807, 2.05) is 36.5 Å². The number of hydrogen-bond acceptors (Lipinski definition) is 3. The van der Waals surface area contributed by atoms with Crippen molar-refractivity contribution in [3.8, 4) is 11.5 Å². The minimum atomic E-state index is 0.669. The van der Waals surface area contributed by atoms with E-state index in [-0.39, 0.29) is 0 Å². The lowest BCUT2D eigenvalue weighted by Crippen LogP contribution is -2.22. The van der Waals surface area contributed by atoms with Crippen LogP contribution in [0.3, 0.4) is 0 Å². The van der Waals surface area contributed by atoms with Crippen molar-refractivity contribution in [1.82, 2.24) is 4.98 Å². The Hall–Kier alpha value is -2.46. The van der Waals surface area contributed by atoms with E-state index in [4.69, 9.17) is 9.47 Å². The van der Waals surface area contributed by atoms with Crippen molar-refractivity contribution < 1.29 is 9.47 Å². The number of rotatable bonds is 5. The number of ether oxygens (including phenoxy) is 2. The largest absolute Gasteiger partial charge is 0.457 e. The summed E-state index contributed by atoms with van der Waals surface area (Å²) in [6, 6.07) is 16.1. The first-order valence-electron chi connectivity index (χ1n) is 8.54. The molecule has 0 saturated carbocycles. The average Bonchev–Trinajstić information content (AvgIpc) is 3.10. The van der Waals surface area contributed by atoms with Gasteiger partial charge in [-0.05, 0) is 43.0 Å². The third kappa shape index (κ3) is 3.39. The highest BCUT2D eigenvalue weighted by atomic mass is 16.5. The minimum Gasteiger partial charge on any atom is -0.457 e. The van der Waals surface area contributed by atoms with Crippen LogP contribution >= 0.6 is 0 Å². The fraction of sp³-hybridized carbons (Fsp3) is 0.300. The summed E-state index contributed by atoms with van der Waals surface area (Å²) in [6.07, 6.45) is 4.22. The molecule has 1 aromatic heterocycles. The fourth-order valence-corrected chi connectivity index (χ4v) is 3.17. The van der Waals surface area contributed by atoms with Crippen LogP contribution < -0.4 is 10.1 Å². The molecule has 2 heterocycles. The molecule has 4 nitrogen and oxygen atoms in total. The van der Waals surface area contributed by atoms with Crippen LogP contribution in [0.5, 0.6) is 11.5 Å². The molecule has 24 heavy (non-hydrogen) atoms. The van der Waals surface area contributed by atoms with Crippen LogP contribution in [-0.2, 0) is 4.74 Å². The molecule has 1 saturated heterocycles. The monoisotopic (exact) mass is 322 g/mol. The average molecular weight is 322 g/mol. The maximum absolute atomic E-state index is 6.01. The van der Waals surface area contributed by atoms with E-state index in [9.17, 15) is 0 Å². The first kappa shape index (κ1) is 15.1. The summed E-state index contributed by atoms with van der Waals surface area (Å²) in [7, 11) is 0. The molecule has 2 aromatic carbocycles. The highest BCUT2D eigenvalue weighted by molar-refractivity contribution is 5.92. The molecular formula is C20H22N2O2. The standard InChI is InChI=1S/C20H22N2O2/c1-2-4-17(5-3-1)24-18-12-16-6-9-21-20(16)19(13-18)22-14-15-7-10-23-11-8-15/h1-6,9,12-13,15,21-22H,7-8,10-11,14H2. The molecule has 4 heteroatoms. The number of aromatic nitrogens is 1. The highest BCUT2D eigenvalue weighted by Gasteiger charge is 2.14. The van der Waals surface area contributed by atoms with Gasteiger partial charge in [-0.2, -0.15) is 0 Å². The number of H-pyrrole nitrogens is 1. The fourth-order valence-electron chi connectivity index (χ4n) is 3.17. The SMILES string of the molecule is c1ccc(Oc2cc(NCC3CCOCC3)c3[nH]ccc3c2)cc1. The number of aromatic amines is 1. The number of anilines is 1. The van der Waals surface area contributed by atoms with Crippen LogP contribution in [0.15, 0.2) is 54.7 Å². The van der Waals surface area contributed by atoms with Gasteiger partial charge in [0.25, 0.3) is 0 Å². The number of fused-ring (bicyclic) bond motifs is 1. The van der Waals surface area contributed by atoms with Gasteiger partial charge in [0.15, 0.2) is 0 Å². The van der Waals surface area contributed by atoms with E-state index in [2.05, 4.69) is 28.5 Å². The van der Waals surface area contributed by atoms with Gasteiger partial charge in [0.05, 0.1) is 11.2 Å². The number of hydrogen-bond donors (Lipinski definition) is 2. The molecule has 0 spiro atoms. The van der Waals surface area contributed by atoms with Crippen LogP contribution in [-0.4, -0.2) is 24.7 Å². The summed E-state index contributed by atoms with van der Waals surface area (Å²) in [5.74, 6) is 2.37. The lowest BCUT2D eigenvalue weighted by atomic mass is 10.0. The topological polar surface area (TPSA) is 46.3 Å². The van der Waals surface area contributed by atoms with Crippen LogP contribution in [0.25, 0.3) is 10.9 Å². The maximum atomic E-state index is 6.01. The molecule has 4 rings (SSSR count). The predicted molar refractivity (Wildman–Crippen MR) is 96.8 cm³/mol. The quantitative estimate of drug-likeness (QED) is 0.709. The second-order valence-electron chi connectivity index (χ2n) is 6.26. The smallest absolute Gasteiger partial charge is 0.130 e. The Morgan fingerprint density at radius 1 is 1.04 bits per heavy atom. The van der Waals surface area contributed by atoms with Crippen molar-refractivity contribution >= 4 is 16.6 Å². The van der Waals surface area contributed by atoms with E-state index in [1.165, 1.54) is 0 Å². The summed E-state index contributed by atoms with van der Waals surface area (Å²) in [5.41, 5.74) is 2.22. The number of benzene rings is 2. The summed E-state index contributed by atoms with van der Waals surface area (Å²) in [5, 5.41) is 4.75. The van der Waals surface area contributed by atoms with Gasteiger partial charge >= 0.3 is 0 Å². The zero-order valence-corrected chi connectivity index (χ0v) is 13.6. The van der Waals surface area contributed by atoms with E-state index in [0.29, 0.717) is 5.92 Å². The van der Waals surface area contributed by atoms with Gasteiger partial charge in [-0.15, -0.1) is 0 Å². The van der Waals surface area contributed by atoms with Crippen LogP contribution in [0.1, 0.15) is 12.8 Å². The Morgan fingerprint density at radius 3 is 2.71 bits per heavy atom. The first-order valence-corrected chi connectivity index (χ1v) is 8.54. The summed E-state index contributed by atoms with van der Waals surface area (Å²) >= 11 is 0.